The molecular formula is C14H28IN5O. The zero-order valence-corrected chi connectivity index (χ0v) is 15.8. The van der Waals surface area contributed by atoms with Crippen molar-refractivity contribution in [2.45, 2.75) is 65.5 Å². The van der Waals surface area contributed by atoms with Gasteiger partial charge in [0.05, 0.1) is 6.54 Å². The maximum absolute atomic E-state index is 4.93. The van der Waals surface area contributed by atoms with E-state index in [9.17, 15) is 0 Å². The first-order valence-electron chi connectivity index (χ1n) is 7.42. The van der Waals surface area contributed by atoms with Crippen molar-refractivity contribution in [3.8, 4) is 0 Å². The van der Waals surface area contributed by atoms with E-state index in [0.717, 1.165) is 12.4 Å². The Morgan fingerprint density at radius 3 is 2.67 bits per heavy atom. The lowest BCUT2D eigenvalue weighted by Gasteiger charge is -2.17. The predicted octanol–water partition coefficient (Wildman–Crippen LogP) is 3.02. The highest BCUT2D eigenvalue weighted by molar-refractivity contribution is 14.0. The fourth-order valence-corrected chi connectivity index (χ4v) is 1.95. The zero-order chi connectivity index (χ0) is 14.8. The summed E-state index contributed by atoms with van der Waals surface area (Å²) in [6.07, 6.45) is 6.30. The van der Waals surface area contributed by atoms with Crippen LogP contribution in [0.2, 0.25) is 0 Å². The van der Waals surface area contributed by atoms with E-state index >= 15 is 0 Å². The molecule has 1 rings (SSSR count). The fraction of sp³-hybridized carbons (Fsp3) is 0.786. The van der Waals surface area contributed by atoms with Crippen LogP contribution in [-0.2, 0) is 6.54 Å². The van der Waals surface area contributed by atoms with E-state index in [0.29, 0.717) is 24.3 Å². The number of guanidine groups is 1. The molecule has 0 saturated heterocycles. The van der Waals surface area contributed by atoms with Gasteiger partial charge in [-0.2, -0.15) is 4.98 Å². The first-order valence-corrected chi connectivity index (χ1v) is 7.42. The number of unbranched alkanes of at least 4 members (excludes halogenated alkanes) is 3. The summed E-state index contributed by atoms with van der Waals surface area (Å²) in [4.78, 5) is 8.35. The molecule has 0 amide bonds. The number of halogens is 1. The van der Waals surface area contributed by atoms with Crippen LogP contribution in [0.3, 0.4) is 0 Å². The average molecular weight is 409 g/mol. The molecule has 7 heteroatoms. The summed E-state index contributed by atoms with van der Waals surface area (Å²) in [5.74, 6) is 1.99. The third kappa shape index (κ3) is 8.90. The quantitative estimate of drug-likeness (QED) is 0.299. The van der Waals surface area contributed by atoms with Gasteiger partial charge in [-0.05, 0) is 13.3 Å². The number of aromatic nitrogens is 2. The maximum Gasteiger partial charge on any atom is 0.223 e. The van der Waals surface area contributed by atoms with Crippen molar-refractivity contribution in [3.63, 3.8) is 0 Å². The second-order valence-corrected chi connectivity index (χ2v) is 5.05. The number of hydrogen-bond acceptors (Lipinski definition) is 4. The van der Waals surface area contributed by atoms with Crippen LogP contribution < -0.4 is 10.6 Å². The fourth-order valence-electron chi connectivity index (χ4n) is 1.95. The summed E-state index contributed by atoms with van der Waals surface area (Å²) in [5, 5.41) is 10.4. The van der Waals surface area contributed by atoms with Gasteiger partial charge in [0, 0.05) is 20.0 Å². The largest absolute Gasteiger partial charge is 0.354 e. The lowest BCUT2D eigenvalue weighted by molar-refractivity contribution is 0.386. The summed E-state index contributed by atoms with van der Waals surface area (Å²) in [7, 11) is 1.76. The standard InChI is InChI=1S/C14H27N5O.HI/c1-5-6-7-8-9-11(2)17-14(15-4)16-10-13-18-12(3)20-19-13;/h11H,5-10H2,1-4H3,(H2,15,16,17);1H. The Bertz CT molecular complexity index is 408. The topological polar surface area (TPSA) is 75.3 Å². The van der Waals surface area contributed by atoms with Crippen LogP contribution in [0.25, 0.3) is 0 Å². The third-order valence-corrected chi connectivity index (χ3v) is 3.08. The highest BCUT2D eigenvalue weighted by Gasteiger charge is 2.07. The lowest BCUT2D eigenvalue weighted by atomic mass is 10.1. The van der Waals surface area contributed by atoms with E-state index in [1.54, 1.807) is 14.0 Å². The van der Waals surface area contributed by atoms with E-state index in [4.69, 9.17) is 4.52 Å². The Morgan fingerprint density at radius 2 is 2.10 bits per heavy atom. The van der Waals surface area contributed by atoms with E-state index in [1.165, 1.54) is 25.7 Å². The van der Waals surface area contributed by atoms with Gasteiger partial charge in [-0.25, -0.2) is 0 Å². The smallest absolute Gasteiger partial charge is 0.223 e. The zero-order valence-electron chi connectivity index (χ0n) is 13.5. The Labute approximate surface area is 144 Å². The predicted molar refractivity (Wildman–Crippen MR) is 96.0 cm³/mol. The molecule has 0 aliphatic heterocycles. The van der Waals surface area contributed by atoms with E-state index < -0.39 is 0 Å². The van der Waals surface area contributed by atoms with Crippen LogP contribution in [0.15, 0.2) is 9.52 Å². The van der Waals surface area contributed by atoms with Gasteiger partial charge in [-0.1, -0.05) is 37.8 Å². The summed E-state index contributed by atoms with van der Waals surface area (Å²) in [6, 6.07) is 0.407. The first kappa shape index (κ1) is 20.1. The SMILES string of the molecule is CCCCCCC(C)NC(=NC)NCc1noc(C)n1.I. The molecule has 6 nitrogen and oxygen atoms in total. The van der Waals surface area contributed by atoms with Crippen molar-refractivity contribution in [3.05, 3.63) is 11.7 Å². The van der Waals surface area contributed by atoms with Crippen molar-refractivity contribution in [1.82, 2.24) is 20.8 Å². The van der Waals surface area contributed by atoms with Gasteiger partial charge in [-0.3, -0.25) is 4.99 Å². The van der Waals surface area contributed by atoms with Crippen LogP contribution in [0.1, 0.15) is 57.7 Å². The number of nitrogens with one attached hydrogen (secondary N) is 2. The molecule has 0 aliphatic carbocycles. The number of aryl methyl sites for hydroxylation is 1. The Kier molecular flexibility index (Phi) is 11.3. The summed E-state index contributed by atoms with van der Waals surface area (Å²) in [6.45, 7) is 6.70. The van der Waals surface area contributed by atoms with Gasteiger partial charge in [-0.15, -0.1) is 24.0 Å². The van der Waals surface area contributed by atoms with E-state index in [1.807, 2.05) is 0 Å². The van der Waals surface area contributed by atoms with Crippen molar-refractivity contribution in [2.75, 3.05) is 7.05 Å². The molecule has 0 fully saturated rings. The van der Waals surface area contributed by atoms with Crippen LogP contribution in [0, 0.1) is 6.92 Å². The summed E-state index contributed by atoms with van der Waals surface area (Å²) in [5.41, 5.74) is 0. The molecule has 0 radical (unpaired) electrons. The Balaban J connectivity index is 0.00000400. The average Bonchev–Trinajstić information content (AvgIpc) is 2.85. The molecule has 122 valence electrons. The van der Waals surface area contributed by atoms with Gasteiger partial charge in [0.15, 0.2) is 11.8 Å². The minimum atomic E-state index is 0. The molecule has 0 saturated carbocycles. The molecule has 0 bridgehead atoms. The normalized spacial score (nSPS) is 12.7. The number of nitrogens with zero attached hydrogens (tertiary/aromatic N) is 3. The van der Waals surface area contributed by atoms with Gasteiger partial charge in [0.2, 0.25) is 5.89 Å². The van der Waals surface area contributed by atoms with Gasteiger partial charge in [0.1, 0.15) is 0 Å². The second-order valence-electron chi connectivity index (χ2n) is 5.05. The highest BCUT2D eigenvalue weighted by atomic mass is 127. The van der Waals surface area contributed by atoms with Crippen molar-refractivity contribution in [1.29, 1.82) is 0 Å². The Morgan fingerprint density at radius 1 is 1.33 bits per heavy atom. The number of rotatable bonds is 8. The minimum Gasteiger partial charge on any atom is -0.354 e. The van der Waals surface area contributed by atoms with Crippen LogP contribution in [0.4, 0.5) is 0 Å². The van der Waals surface area contributed by atoms with Crippen LogP contribution in [-0.4, -0.2) is 29.2 Å². The third-order valence-electron chi connectivity index (χ3n) is 3.08. The molecule has 21 heavy (non-hydrogen) atoms. The Hall–Kier alpha value is -0.860. The van der Waals surface area contributed by atoms with Gasteiger partial charge in [0.25, 0.3) is 0 Å². The van der Waals surface area contributed by atoms with E-state index in [2.05, 4.69) is 39.6 Å². The molecular weight excluding hydrogens is 381 g/mol. The molecule has 1 aromatic rings. The first-order chi connectivity index (χ1) is 9.65. The number of hydrogen-bond donors (Lipinski definition) is 2. The molecule has 0 aromatic carbocycles. The molecule has 0 spiro atoms. The molecule has 2 N–H and O–H groups in total. The lowest BCUT2D eigenvalue weighted by Crippen LogP contribution is -2.42. The molecule has 0 aliphatic rings. The summed E-state index contributed by atoms with van der Waals surface area (Å²) >= 11 is 0. The maximum atomic E-state index is 4.93. The van der Waals surface area contributed by atoms with Crippen molar-refractivity contribution >= 4 is 29.9 Å². The molecule has 1 aromatic heterocycles. The van der Waals surface area contributed by atoms with Gasteiger partial charge < -0.3 is 15.2 Å². The monoisotopic (exact) mass is 409 g/mol. The van der Waals surface area contributed by atoms with Gasteiger partial charge >= 0.3 is 0 Å². The van der Waals surface area contributed by atoms with Crippen molar-refractivity contribution < 1.29 is 4.52 Å². The van der Waals surface area contributed by atoms with Crippen LogP contribution >= 0.6 is 24.0 Å². The second kappa shape index (κ2) is 11.8. The minimum absolute atomic E-state index is 0. The highest BCUT2D eigenvalue weighted by Crippen LogP contribution is 2.05. The van der Waals surface area contributed by atoms with Crippen molar-refractivity contribution in [2.24, 2.45) is 4.99 Å². The molecule has 1 heterocycles. The van der Waals surface area contributed by atoms with Crippen LogP contribution in [0.5, 0.6) is 0 Å². The molecule has 1 atom stereocenters. The number of aliphatic imine (C=N–C) groups is 1. The summed E-state index contributed by atoms with van der Waals surface area (Å²) < 4.78 is 4.93. The molecule has 1 unspecified atom stereocenters. The van der Waals surface area contributed by atoms with E-state index in [-0.39, 0.29) is 24.0 Å².